The summed E-state index contributed by atoms with van der Waals surface area (Å²) in [4.78, 5) is 1.000. The van der Waals surface area contributed by atoms with Gasteiger partial charge in [-0.15, -0.1) is 11.3 Å². The molecule has 2 rings (SSSR count). The normalized spacial score (nSPS) is 13.5. The minimum atomic E-state index is -4.29. The molecule has 0 aliphatic carbocycles. The summed E-state index contributed by atoms with van der Waals surface area (Å²) < 4.78 is 38.2. The van der Waals surface area contributed by atoms with Crippen LogP contribution in [0.1, 0.15) is 22.0 Å². The van der Waals surface area contributed by atoms with E-state index in [1.165, 1.54) is 23.5 Å². The SMILES string of the molecule is NC(Cc1ccc(C(F)(F)F)cc1)c1sccc1Br. The summed E-state index contributed by atoms with van der Waals surface area (Å²) in [7, 11) is 0. The number of halogens is 4. The van der Waals surface area contributed by atoms with Crippen molar-refractivity contribution in [1.82, 2.24) is 0 Å². The Hall–Kier alpha value is -0.850. The fourth-order valence-electron chi connectivity index (χ4n) is 1.75. The van der Waals surface area contributed by atoms with Crippen LogP contribution in [0.25, 0.3) is 0 Å². The van der Waals surface area contributed by atoms with Crippen LogP contribution in [0.3, 0.4) is 0 Å². The lowest BCUT2D eigenvalue weighted by Gasteiger charge is -2.12. The molecular formula is C13H11BrF3NS. The monoisotopic (exact) mass is 349 g/mol. The summed E-state index contributed by atoms with van der Waals surface area (Å²) in [5, 5.41) is 1.92. The van der Waals surface area contributed by atoms with Crippen LogP contribution < -0.4 is 5.73 Å². The minimum Gasteiger partial charge on any atom is -0.323 e. The molecule has 2 aromatic rings. The molecule has 1 unspecified atom stereocenters. The van der Waals surface area contributed by atoms with E-state index in [-0.39, 0.29) is 6.04 Å². The van der Waals surface area contributed by atoms with Crippen molar-refractivity contribution in [2.75, 3.05) is 0 Å². The van der Waals surface area contributed by atoms with E-state index in [1.54, 1.807) is 0 Å². The zero-order chi connectivity index (χ0) is 14.0. The Morgan fingerprint density at radius 1 is 1.16 bits per heavy atom. The van der Waals surface area contributed by atoms with Crippen molar-refractivity contribution in [1.29, 1.82) is 0 Å². The van der Waals surface area contributed by atoms with Crippen molar-refractivity contribution >= 4 is 27.3 Å². The summed E-state index contributed by atoms with van der Waals surface area (Å²) in [6.45, 7) is 0. The molecule has 0 spiro atoms. The molecule has 1 aromatic heterocycles. The van der Waals surface area contributed by atoms with Crippen LogP contribution >= 0.6 is 27.3 Å². The van der Waals surface area contributed by atoms with Crippen molar-refractivity contribution in [3.63, 3.8) is 0 Å². The van der Waals surface area contributed by atoms with Crippen LogP contribution in [0.5, 0.6) is 0 Å². The number of thiophene rings is 1. The lowest BCUT2D eigenvalue weighted by atomic mass is 10.0. The number of nitrogens with two attached hydrogens (primary N) is 1. The van der Waals surface area contributed by atoms with Gasteiger partial charge in [-0.3, -0.25) is 0 Å². The Morgan fingerprint density at radius 2 is 1.79 bits per heavy atom. The molecule has 0 bridgehead atoms. The highest BCUT2D eigenvalue weighted by molar-refractivity contribution is 9.10. The van der Waals surface area contributed by atoms with E-state index in [1.807, 2.05) is 11.4 Å². The Morgan fingerprint density at radius 3 is 2.26 bits per heavy atom. The van der Waals surface area contributed by atoms with Crippen LogP contribution in [0, 0.1) is 0 Å². The Labute approximate surface area is 121 Å². The maximum Gasteiger partial charge on any atom is 0.416 e. The Bertz CT molecular complexity index is 548. The second-order valence-electron chi connectivity index (χ2n) is 4.14. The van der Waals surface area contributed by atoms with Gasteiger partial charge in [0.1, 0.15) is 0 Å². The average molecular weight is 350 g/mol. The van der Waals surface area contributed by atoms with Gasteiger partial charge in [0, 0.05) is 15.4 Å². The van der Waals surface area contributed by atoms with Crippen molar-refractivity contribution in [3.05, 3.63) is 56.2 Å². The van der Waals surface area contributed by atoms with E-state index in [4.69, 9.17) is 5.73 Å². The number of hydrogen-bond donors (Lipinski definition) is 1. The van der Waals surface area contributed by atoms with Gasteiger partial charge in [0.15, 0.2) is 0 Å². The molecule has 0 aliphatic rings. The van der Waals surface area contributed by atoms with Gasteiger partial charge in [-0.1, -0.05) is 12.1 Å². The van der Waals surface area contributed by atoms with Crippen molar-refractivity contribution in [3.8, 4) is 0 Å². The van der Waals surface area contributed by atoms with Crippen LogP contribution in [0.15, 0.2) is 40.2 Å². The lowest BCUT2D eigenvalue weighted by molar-refractivity contribution is -0.137. The van der Waals surface area contributed by atoms with Gasteiger partial charge in [0.2, 0.25) is 0 Å². The maximum atomic E-state index is 12.4. The molecule has 19 heavy (non-hydrogen) atoms. The van der Waals surface area contributed by atoms with E-state index in [0.717, 1.165) is 27.0 Å². The van der Waals surface area contributed by atoms with E-state index in [2.05, 4.69) is 15.9 Å². The molecule has 0 radical (unpaired) electrons. The van der Waals surface area contributed by atoms with Crippen molar-refractivity contribution < 1.29 is 13.2 Å². The van der Waals surface area contributed by atoms with Crippen LogP contribution in [-0.2, 0) is 12.6 Å². The first-order valence-electron chi connectivity index (χ1n) is 5.52. The molecule has 0 amide bonds. The first kappa shape index (κ1) is 14.6. The van der Waals surface area contributed by atoms with Gasteiger partial charge in [-0.25, -0.2) is 0 Å². The van der Waals surface area contributed by atoms with Crippen LogP contribution in [0.4, 0.5) is 13.2 Å². The molecule has 1 aromatic carbocycles. The van der Waals surface area contributed by atoms with Crippen LogP contribution in [0.2, 0.25) is 0 Å². The molecule has 0 fully saturated rings. The van der Waals surface area contributed by atoms with E-state index < -0.39 is 11.7 Å². The number of rotatable bonds is 3. The molecule has 1 nitrogen and oxygen atoms in total. The summed E-state index contributed by atoms with van der Waals surface area (Å²) in [6.07, 6.45) is -3.78. The zero-order valence-electron chi connectivity index (χ0n) is 9.75. The standard InChI is InChI=1S/C13H11BrF3NS/c14-10-5-6-19-12(10)11(18)7-8-1-3-9(4-2-8)13(15,16)17/h1-6,11H,7,18H2. The molecule has 0 saturated carbocycles. The lowest BCUT2D eigenvalue weighted by Crippen LogP contribution is -2.12. The van der Waals surface area contributed by atoms with E-state index in [9.17, 15) is 13.2 Å². The summed E-state index contributed by atoms with van der Waals surface area (Å²) in [5.41, 5.74) is 6.21. The summed E-state index contributed by atoms with van der Waals surface area (Å²) in [6, 6.07) is 6.82. The average Bonchev–Trinajstić information content (AvgIpc) is 2.75. The molecule has 102 valence electrons. The number of hydrogen-bond acceptors (Lipinski definition) is 2. The third-order valence-corrected chi connectivity index (χ3v) is 4.72. The maximum absolute atomic E-state index is 12.4. The van der Waals surface area contributed by atoms with E-state index >= 15 is 0 Å². The van der Waals surface area contributed by atoms with Crippen molar-refractivity contribution in [2.24, 2.45) is 5.73 Å². The van der Waals surface area contributed by atoms with Gasteiger partial charge < -0.3 is 5.73 Å². The third kappa shape index (κ3) is 3.58. The van der Waals surface area contributed by atoms with E-state index in [0.29, 0.717) is 6.42 Å². The number of benzene rings is 1. The second kappa shape index (κ2) is 5.64. The molecule has 0 saturated heterocycles. The molecule has 2 N–H and O–H groups in total. The quantitative estimate of drug-likeness (QED) is 0.848. The first-order valence-corrected chi connectivity index (χ1v) is 7.20. The molecule has 6 heteroatoms. The minimum absolute atomic E-state index is 0.217. The topological polar surface area (TPSA) is 26.0 Å². The molecular weight excluding hydrogens is 339 g/mol. The van der Waals surface area contributed by atoms with Gasteiger partial charge in [0.05, 0.1) is 5.56 Å². The van der Waals surface area contributed by atoms with Gasteiger partial charge in [-0.05, 0) is 51.5 Å². The third-order valence-electron chi connectivity index (χ3n) is 2.72. The molecule has 1 atom stereocenters. The smallest absolute Gasteiger partial charge is 0.323 e. The highest BCUT2D eigenvalue weighted by atomic mass is 79.9. The van der Waals surface area contributed by atoms with Gasteiger partial charge in [-0.2, -0.15) is 13.2 Å². The van der Waals surface area contributed by atoms with Crippen LogP contribution in [-0.4, -0.2) is 0 Å². The fraction of sp³-hybridized carbons (Fsp3) is 0.231. The molecule has 1 heterocycles. The highest BCUT2D eigenvalue weighted by Crippen LogP contribution is 2.31. The second-order valence-corrected chi connectivity index (χ2v) is 5.94. The predicted octanol–water partition coefficient (Wildman–Crippen LogP) is 4.77. The Kier molecular flexibility index (Phi) is 4.32. The predicted molar refractivity (Wildman–Crippen MR) is 74.1 cm³/mol. The number of alkyl halides is 3. The molecule has 0 aliphatic heterocycles. The van der Waals surface area contributed by atoms with Crippen molar-refractivity contribution in [2.45, 2.75) is 18.6 Å². The van der Waals surface area contributed by atoms with Gasteiger partial charge >= 0.3 is 6.18 Å². The Balaban J connectivity index is 2.10. The van der Waals surface area contributed by atoms with Gasteiger partial charge in [0.25, 0.3) is 0 Å². The highest BCUT2D eigenvalue weighted by Gasteiger charge is 2.29. The summed E-state index contributed by atoms with van der Waals surface area (Å²) in [5.74, 6) is 0. The first-order chi connectivity index (χ1) is 8.88. The fourth-order valence-corrected chi connectivity index (χ4v) is 3.42. The summed E-state index contributed by atoms with van der Waals surface area (Å²) >= 11 is 4.93. The zero-order valence-corrected chi connectivity index (χ0v) is 12.1. The largest absolute Gasteiger partial charge is 0.416 e.